The van der Waals surface area contributed by atoms with Crippen LogP contribution >= 0.6 is 0 Å². The van der Waals surface area contributed by atoms with Gasteiger partial charge in [0.2, 0.25) is 21.8 Å². The Morgan fingerprint density at radius 3 is 2.48 bits per heavy atom. The molecule has 172 valence electrons. The Morgan fingerprint density at radius 1 is 1.19 bits per heavy atom. The molecule has 0 N–H and O–H groups in total. The zero-order valence-electron chi connectivity index (χ0n) is 18.5. The molecule has 9 nitrogen and oxygen atoms in total. The van der Waals surface area contributed by atoms with Gasteiger partial charge >= 0.3 is 5.97 Å². The van der Waals surface area contributed by atoms with Crippen molar-refractivity contribution in [3.63, 3.8) is 0 Å². The van der Waals surface area contributed by atoms with Crippen LogP contribution in [0, 0.1) is 12.8 Å². The molecule has 0 radical (unpaired) electrons. The molecule has 0 aliphatic carbocycles. The number of benzene rings is 1. The van der Waals surface area contributed by atoms with Crippen LogP contribution in [-0.4, -0.2) is 82.1 Å². The van der Waals surface area contributed by atoms with Gasteiger partial charge in [-0.05, 0) is 38.3 Å². The lowest BCUT2D eigenvalue weighted by Gasteiger charge is -2.33. The summed E-state index contributed by atoms with van der Waals surface area (Å²) in [4.78, 5) is 40.2. The average molecular weight is 454 g/mol. The molecule has 0 saturated carbocycles. The fraction of sp³-hybridized carbons (Fsp3) is 0.571. The number of piperidine rings is 1. The molecule has 0 spiro atoms. The third-order valence-electron chi connectivity index (χ3n) is 5.26. The van der Waals surface area contributed by atoms with Gasteiger partial charge in [-0.3, -0.25) is 18.7 Å². The molecule has 0 aromatic heterocycles. The first-order valence-electron chi connectivity index (χ1n) is 10.3. The summed E-state index contributed by atoms with van der Waals surface area (Å²) in [5.74, 6) is -1.46. The minimum absolute atomic E-state index is 0.195. The third kappa shape index (κ3) is 6.68. The van der Waals surface area contributed by atoms with Gasteiger partial charge in [0.1, 0.15) is 6.54 Å². The number of para-hydroxylation sites is 1. The number of hydrogen-bond donors (Lipinski definition) is 0. The minimum Gasteiger partial charge on any atom is -0.466 e. The van der Waals surface area contributed by atoms with Crippen LogP contribution in [0.3, 0.4) is 0 Å². The number of nitrogens with zero attached hydrogens (tertiary/aromatic N) is 3. The first kappa shape index (κ1) is 24.6. The van der Waals surface area contributed by atoms with Gasteiger partial charge in [0.05, 0.1) is 31.0 Å². The zero-order chi connectivity index (χ0) is 23.2. The predicted molar refractivity (Wildman–Crippen MR) is 117 cm³/mol. The Morgan fingerprint density at radius 2 is 1.87 bits per heavy atom. The highest BCUT2D eigenvalue weighted by molar-refractivity contribution is 7.92. The standard InChI is InChI=1S/C21H31N3O6S/c1-5-30-21(27)17-10-8-12-23(13-17)20(26)14-22(3)19(25)15-24(31(4,28)29)18-11-7-6-9-16(18)2/h6-7,9,11,17H,5,8,10,12-15H2,1-4H3. The molecule has 31 heavy (non-hydrogen) atoms. The van der Waals surface area contributed by atoms with E-state index in [0.717, 1.165) is 16.1 Å². The van der Waals surface area contributed by atoms with Crippen molar-refractivity contribution < 1.29 is 27.5 Å². The summed E-state index contributed by atoms with van der Waals surface area (Å²) >= 11 is 0. The number of likely N-dealkylation sites (N-methyl/N-ethyl adjacent to an activating group) is 1. The summed E-state index contributed by atoms with van der Waals surface area (Å²) in [5.41, 5.74) is 1.14. The highest BCUT2D eigenvalue weighted by atomic mass is 32.2. The van der Waals surface area contributed by atoms with Crippen molar-refractivity contribution in [2.24, 2.45) is 5.92 Å². The second kappa shape index (κ2) is 10.6. The van der Waals surface area contributed by atoms with E-state index in [-0.39, 0.29) is 37.5 Å². The fourth-order valence-corrected chi connectivity index (χ4v) is 4.42. The van der Waals surface area contributed by atoms with Crippen molar-refractivity contribution in [3.8, 4) is 0 Å². The summed E-state index contributed by atoms with van der Waals surface area (Å²) in [5, 5.41) is 0. The van der Waals surface area contributed by atoms with Gasteiger partial charge in [-0.25, -0.2) is 8.42 Å². The molecule has 1 aromatic rings. The maximum atomic E-state index is 12.7. The summed E-state index contributed by atoms with van der Waals surface area (Å²) in [6.45, 7) is 3.97. The van der Waals surface area contributed by atoms with Crippen molar-refractivity contribution in [2.45, 2.75) is 26.7 Å². The van der Waals surface area contributed by atoms with E-state index in [1.807, 2.05) is 0 Å². The number of hydrogen-bond acceptors (Lipinski definition) is 6. The Balaban J connectivity index is 2.03. The van der Waals surface area contributed by atoms with Crippen LogP contribution in [0.4, 0.5) is 5.69 Å². The van der Waals surface area contributed by atoms with Gasteiger partial charge < -0.3 is 14.5 Å². The Labute approximate surface area is 184 Å². The van der Waals surface area contributed by atoms with Gasteiger partial charge in [0.15, 0.2) is 0 Å². The van der Waals surface area contributed by atoms with Crippen LogP contribution in [-0.2, 0) is 29.1 Å². The number of ether oxygens (including phenoxy) is 1. The smallest absolute Gasteiger partial charge is 0.310 e. The van der Waals surface area contributed by atoms with E-state index < -0.39 is 22.5 Å². The monoisotopic (exact) mass is 453 g/mol. The van der Waals surface area contributed by atoms with Crippen molar-refractivity contribution in [2.75, 3.05) is 50.4 Å². The summed E-state index contributed by atoms with van der Waals surface area (Å²) in [6, 6.07) is 6.89. The maximum Gasteiger partial charge on any atom is 0.310 e. The molecule has 10 heteroatoms. The highest BCUT2D eigenvalue weighted by Gasteiger charge is 2.31. The number of rotatable bonds is 8. The van der Waals surface area contributed by atoms with E-state index in [4.69, 9.17) is 4.74 Å². The lowest BCUT2D eigenvalue weighted by Crippen LogP contribution is -2.49. The van der Waals surface area contributed by atoms with Crippen LogP contribution < -0.4 is 4.31 Å². The molecule has 2 amide bonds. The van der Waals surface area contributed by atoms with Gasteiger partial charge in [0, 0.05) is 20.1 Å². The molecule has 1 aliphatic rings. The van der Waals surface area contributed by atoms with Crippen molar-refractivity contribution in [1.29, 1.82) is 0 Å². The number of esters is 1. The SMILES string of the molecule is CCOC(=O)C1CCCN(C(=O)CN(C)C(=O)CN(c2ccccc2C)S(C)(=O)=O)C1. The topological polar surface area (TPSA) is 104 Å². The highest BCUT2D eigenvalue weighted by Crippen LogP contribution is 2.22. The maximum absolute atomic E-state index is 12.7. The van der Waals surface area contributed by atoms with Crippen LogP contribution in [0.5, 0.6) is 0 Å². The molecule has 1 aliphatic heterocycles. The molecule has 1 aromatic carbocycles. The number of carbonyl (C=O) groups is 3. The Hall–Kier alpha value is -2.62. The second-order valence-corrected chi connectivity index (χ2v) is 9.64. The molecule has 1 saturated heterocycles. The van der Waals surface area contributed by atoms with E-state index in [0.29, 0.717) is 25.1 Å². The largest absolute Gasteiger partial charge is 0.466 e. The number of likely N-dealkylation sites (tertiary alicyclic amines) is 1. The van der Waals surface area contributed by atoms with E-state index >= 15 is 0 Å². The van der Waals surface area contributed by atoms with Gasteiger partial charge in [-0.2, -0.15) is 0 Å². The van der Waals surface area contributed by atoms with Crippen molar-refractivity contribution in [3.05, 3.63) is 29.8 Å². The van der Waals surface area contributed by atoms with E-state index in [1.54, 1.807) is 43.0 Å². The van der Waals surface area contributed by atoms with Crippen LogP contribution in [0.15, 0.2) is 24.3 Å². The number of aryl methyl sites for hydroxylation is 1. The number of sulfonamides is 1. The second-order valence-electron chi connectivity index (χ2n) is 7.74. The normalized spacial score (nSPS) is 16.5. The predicted octanol–water partition coefficient (Wildman–Crippen LogP) is 1.02. The van der Waals surface area contributed by atoms with Crippen molar-refractivity contribution in [1.82, 2.24) is 9.80 Å². The van der Waals surface area contributed by atoms with E-state index in [2.05, 4.69) is 0 Å². The van der Waals surface area contributed by atoms with Gasteiger partial charge in [-0.15, -0.1) is 0 Å². The first-order chi connectivity index (χ1) is 14.5. The molecule has 2 rings (SSSR count). The van der Waals surface area contributed by atoms with E-state index in [1.165, 1.54) is 11.9 Å². The fourth-order valence-electron chi connectivity index (χ4n) is 3.52. The molecule has 1 heterocycles. The van der Waals surface area contributed by atoms with Crippen LogP contribution in [0.2, 0.25) is 0 Å². The first-order valence-corrected chi connectivity index (χ1v) is 12.1. The molecule has 1 unspecified atom stereocenters. The summed E-state index contributed by atoms with van der Waals surface area (Å²) in [7, 11) is -2.24. The Kier molecular flexibility index (Phi) is 8.43. The lowest BCUT2D eigenvalue weighted by atomic mass is 9.98. The number of carbonyl (C=O) groups excluding carboxylic acids is 3. The average Bonchev–Trinajstić information content (AvgIpc) is 2.72. The number of anilines is 1. The molecule has 1 atom stereocenters. The zero-order valence-corrected chi connectivity index (χ0v) is 19.4. The van der Waals surface area contributed by atoms with Crippen molar-refractivity contribution >= 4 is 33.5 Å². The van der Waals surface area contributed by atoms with Crippen LogP contribution in [0.1, 0.15) is 25.3 Å². The lowest BCUT2D eigenvalue weighted by molar-refractivity contribution is -0.152. The van der Waals surface area contributed by atoms with Gasteiger partial charge in [0.25, 0.3) is 0 Å². The Bertz CT molecular complexity index is 917. The molecule has 0 bridgehead atoms. The molecular weight excluding hydrogens is 422 g/mol. The molecular formula is C21H31N3O6S. The summed E-state index contributed by atoms with van der Waals surface area (Å²) < 4.78 is 30.7. The quantitative estimate of drug-likeness (QED) is 0.545. The van der Waals surface area contributed by atoms with E-state index in [9.17, 15) is 22.8 Å². The summed E-state index contributed by atoms with van der Waals surface area (Å²) in [6.07, 6.45) is 2.39. The number of amides is 2. The van der Waals surface area contributed by atoms with Gasteiger partial charge in [-0.1, -0.05) is 18.2 Å². The van der Waals surface area contributed by atoms with Crippen LogP contribution in [0.25, 0.3) is 0 Å². The molecule has 1 fully saturated rings. The minimum atomic E-state index is -3.70. The third-order valence-corrected chi connectivity index (χ3v) is 6.38.